The summed E-state index contributed by atoms with van der Waals surface area (Å²) < 4.78 is 12.7. The van der Waals surface area contributed by atoms with Gasteiger partial charge in [0.25, 0.3) is 0 Å². The quantitative estimate of drug-likeness (QED) is 0.741. The van der Waals surface area contributed by atoms with Crippen molar-refractivity contribution in [2.45, 2.75) is 6.92 Å². The molecule has 0 bridgehead atoms. The van der Waals surface area contributed by atoms with Crippen LogP contribution >= 0.6 is 0 Å². The summed E-state index contributed by atoms with van der Waals surface area (Å²) in [5.74, 6) is -0.139. The van der Waals surface area contributed by atoms with Gasteiger partial charge in [0.2, 0.25) is 5.91 Å². The summed E-state index contributed by atoms with van der Waals surface area (Å²) in [5.41, 5.74) is 0.866. The molecule has 0 spiro atoms. The Morgan fingerprint density at radius 1 is 1.22 bits per heavy atom. The molecule has 0 radical (unpaired) electrons. The van der Waals surface area contributed by atoms with Gasteiger partial charge in [-0.25, -0.2) is 4.39 Å². The lowest BCUT2D eigenvalue weighted by Gasteiger charge is -2.32. The Kier molecular flexibility index (Phi) is 3.92. The molecule has 0 saturated carbocycles. The summed E-state index contributed by atoms with van der Waals surface area (Å²) in [6.45, 7) is 4.46. The first-order valence-corrected chi connectivity index (χ1v) is 5.95. The first-order chi connectivity index (χ1) is 8.65. The van der Waals surface area contributed by atoms with Crippen molar-refractivity contribution in [1.29, 1.82) is 0 Å². The fourth-order valence-corrected chi connectivity index (χ4v) is 1.82. The first-order valence-electron chi connectivity index (χ1n) is 5.95. The van der Waals surface area contributed by atoms with Crippen molar-refractivity contribution in [3.8, 4) is 0 Å². The van der Waals surface area contributed by atoms with Gasteiger partial charge in [-0.05, 0) is 17.7 Å². The number of hydrogen-bond acceptors (Lipinski definition) is 3. The Bertz CT molecular complexity index is 436. The van der Waals surface area contributed by atoms with Crippen molar-refractivity contribution in [3.05, 3.63) is 35.6 Å². The molecule has 1 heterocycles. The van der Waals surface area contributed by atoms with Crippen LogP contribution in [0, 0.1) is 5.82 Å². The molecule has 96 valence electrons. The average Bonchev–Trinajstić information content (AvgIpc) is 2.38. The molecule has 0 aromatic heterocycles. The zero-order valence-electron chi connectivity index (χ0n) is 10.3. The second-order valence-electron chi connectivity index (χ2n) is 4.26. The van der Waals surface area contributed by atoms with Crippen LogP contribution in [0.1, 0.15) is 12.5 Å². The van der Waals surface area contributed by atoms with Gasteiger partial charge in [-0.1, -0.05) is 12.1 Å². The van der Waals surface area contributed by atoms with Crippen molar-refractivity contribution < 1.29 is 9.18 Å². The van der Waals surface area contributed by atoms with E-state index in [1.807, 2.05) is 9.91 Å². The number of halogens is 1. The van der Waals surface area contributed by atoms with Crippen molar-refractivity contribution in [2.75, 3.05) is 26.2 Å². The maximum absolute atomic E-state index is 12.7. The molecule has 1 amide bonds. The van der Waals surface area contributed by atoms with Crippen LogP contribution in [-0.2, 0) is 4.79 Å². The number of rotatable bonds is 2. The van der Waals surface area contributed by atoms with Gasteiger partial charge in [0.1, 0.15) is 5.82 Å². The molecule has 1 aromatic rings. The third-order valence-electron chi connectivity index (χ3n) is 2.94. The van der Waals surface area contributed by atoms with Gasteiger partial charge in [-0.15, -0.1) is 0 Å². The van der Waals surface area contributed by atoms with Gasteiger partial charge in [0, 0.05) is 20.0 Å². The second kappa shape index (κ2) is 5.62. The second-order valence-corrected chi connectivity index (χ2v) is 4.26. The molecule has 1 aliphatic heterocycles. The Morgan fingerprint density at radius 3 is 2.39 bits per heavy atom. The van der Waals surface area contributed by atoms with E-state index in [0.717, 1.165) is 18.7 Å². The van der Waals surface area contributed by atoms with E-state index in [2.05, 4.69) is 5.10 Å². The molecular formula is C13H16FN3O. The third-order valence-corrected chi connectivity index (χ3v) is 2.94. The Hall–Kier alpha value is -1.91. The maximum Gasteiger partial charge on any atom is 0.219 e. The normalized spacial score (nSPS) is 16.3. The summed E-state index contributed by atoms with van der Waals surface area (Å²) in [7, 11) is 0. The molecule has 5 heteroatoms. The predicted octanol–water partition coefficient (Wildman–Crippen LogP) is 1.32. The van der Waals surface area contributed by atoms with Gasteiger partial charge >= 0.3 is 0 Å². The summed E-state index contributed by atoms with van der Waals surface area (Å²) >= 11 is 0. The highest BCUT2D eigenvalue weighted by Gasteiger charge is 2.16. The van der Waals surface area contributed by atoms with E-state index in [-0.39, 0.29) is 11.7 Å². The highest BCUT2D eigenvalue weighted by atomic mass is 19.1. The predicted molar refractivity (Wildman–Crippen MR) is 67.8 cm³/mol. The number of carbonyl (C=O) groups excluding carboxylic acids is 1. The van der Waals surface area contributed by atoms with E-state index in [1.165, 1.54) is 12.1 Å². The summed E-state index contributed by atoms with van der Waals surface area (Å²) in [5, 5.41) is 6.24. The number of benzene rings is 1. The van der Waals surface area contributed by atoms with E-state index >= 15 is 0 Å². The summed E-state index contributed by atoms with van der Waals surface area (Å²) in [6.07, 6.45) is 1.71. The molecule has 2 rings (SSSR count). The standard InChI is InChI=1S/C13H16FN3O/c1-11(18)16-6-8-17(9-7-16)15-10-12-2-4-13(14)5-3-12/h2-5,10H,6-9H2,1H3/b15-10+. The molecule has 0 atom stereocenters. The van der Waals surface area contributed by atoms with Crippen LogP contribution in [0.3, 0.4) is 0 Å². The summed E-state index contributed by atoms with van der Waals surface area (Å²) in [4.78, 5) is 13.0. The maximum atomic E-state index is 12.7. The van der Waals surface area contributed by atoms with Gasteiger partial charge in [-0.3, -0.25) is 9.80 Å². The van der Waals surface area contributed by atoms with Crippen molar-refractivity contribution in [2.24, 2.45) is 5.10 Å². The SMILES string of the molecule is CC(=O)N1CCN(/N=C/c2ccc(F)cc2)CC1. The zero-order valence-corrected chi connectivity index (χ0v) is 10.3. The molecule has 18 heavy (non-hydrogen) atoms. The van der Waals surface area contributed by atoms with Crippen LogP contribution in [0.4, 0.5) is 4.39 Å². The molecular weight excluding hydrogens is 233 g/mol. The molecule has 1 saturated heterocycles. The largest absolute Gasteiger partial charge is 0.339 e. The first kappa shape index (κ1) is 12.5. The molecule has 0 unspecified atom stereocenters. The number of nitrogens with zero attached hydrogens (tertiary/aromatic N) is 3. The lowest BCUT2D eigenvalue weighted by atomic mass is 10.2. The molecule has 4 nitrogen and oxygen atoms in total. The average molecular weight is 249 g/mol. The molecule has 1 aliphatic rings. The molecule has 0 N–H and O–H groups in total. The number of piperazine rings is 1. The van der Waals surface area contributed by atoms with Crippen LogP contribution in [0.15, 0.2) is 29.4 Å². The minimum Gasteiger partial charge on any atom is -0.339 e. The highest BCUT2D eigenvalue weighted by molar-refractivity contribution is 5.79. The van der Waals surface area contributed by atoms with Crippen LogP contribution < -0.4 is 0 Å². The van der Waals surface area contributed by atoms with E-state index < -0.39 is 0 Å². The van der Waals surface area contributed by atoms with Gasteiger partial charge in [-0.2, -0.15) is 5.10 Å². The van der Waals surface area contributed by atoms with Crippen LogP contribution in [0.2, 0.25) is 0 Å². The summed E-state index contributed by atoms with van der Waals surface area (Å²) in [6, 6.07) is 6.19. The van der Waals surface area contributed by atoms with Gasteiger partial charge in [0.05, 0.1) is 19.3 Å². The van der Waals surface area contributed by atoms with E-state index in [1.54, 1.807) is 25.3 Å². The Morgan fingerprint density at radius 2 is 1.83 bits per heavy atom. The number of hydrogen-bond donors (Lipinski definition) is 0. The molecule has 0 aliphatic carbocycles. The number of carbonyl (C=O) groups is 1. The van der Waals surface area contributed by atoms with E-state index in [9.17, 15) is 9.18 Å². The molecule has 1 fully saturated rings. The fourth-order valence-electron chi connectivity index (χ4n) is 1.82. The lowest BCUT2D eigenvalue weighted by Crippen LogP contribution is -2.46. The minimum absolute atomic E-state index is 0.108. The minimum atomic E-state index is -0.248. The van der Waals surface area contributed by atoms with E-state index in [4.69, 9.17) is 0 Å². The fraction of sp³-hybridized carbons (Fsp3) is 0.385. The van der Waals surface area contributed by atoms with Gasteiger partial charge < -0.3 is 4.90 Å². The molecule has 1 aromatic carbocycles. The highest BCUT2D eigenvalue weighted by Crippen LogP contribution is 2.04. The topological polar surface area (TPSA) is 35.9 Å². The Labute approximate surface area is 106 Å². The number of hydrazone groups is 1. The smallest absolute Gasteiger partial charge is 0.219 e. The Balaban J connectivity index is 1.87. The van der Waals surface area contributed by atoms with Crippen LogP contribution in [-0.4, -0.2) is 48.2 Å². The van der Waals surface area contributed by atoms with Gasteiger partial charge in [0.15, 0.2) is 0 Å². The lowest BCUT2D eigenvalue weighted by molar-refractivity contribution is -0.130. The third kappa shape index (κ3) is 3.29. The van der Waals surface area contributed by atoms with Crippen molar-refractivity contribution in [3.63, 3.8) is 0 Å². The van der Waals surface area contributed by atoms with Crippen molar-refractivity contribution in [1.82, 2.24) is 9.91 Å². The number of amides is 1. The zero-order chi connectivity index (χ0) is 13.0. The monoisotopic (exact) mass is 249 g/mol. The van der Waals surface area contributed by atoms with Crippen molar-refractivity contribution >= 4 is 12.1 Å². The van der Waals surface area contributed by atoms with Crippen LogP contribution in [0.25, 0.3) is 0 Å². The van der Waals surface area contributed by atoms with Crippen LogP contribution in [0.5, 0.6) is 0 Å². The van der Waals surface area contributed by atoms with E-state index in [0.29, 0.717) is 13.1 Å².